The van der Waals surface area contributed by atoms with Gasteiger partial charge in [0.1, 0.15) is 5.75 Å². The van der Waals surface area contributed by atoms with Crippen molar-refractivity contribution in [3.05, 3.63) is 59.2 Å². The van der Waals surface area contributed by atoms with Crippen molar-refractivity contribution in [3.63, 3.8) is 0 Å². The van der Waals surface area contributed by atoms with Crippen molar-refractivity contribution in [2.45, 2.75) is 52.5 Å². The van der Waals surface area contributed by atoms with Crippen LogP contribution in [-0.4, -0.2) is 23.4 Å². The van der Waals surface area contributed by atoms with Crippen LogP contribution in [-0.2, 0) is 4.65 Å². The summed E-state index contributed by atoms with van der Waals surface area (Å²) in [5.41, 5.74) is 4.52. The Labute approximate surface area is 151 Å². The minimum atomic E-state index is -0.728. The average molecular weight is 340 g/mol. The number of rotatable bonds is 7. The van der Waals surface area contributed by atoms with Crippen LogP contribution in [0.4, 0.5) is 0 Å². The fraction of sp³-hybridized carbons (Fsp3) is 0.429. The maximum atomic E-state index is 9.87. The van der Waals surface area contributed by atoms with Gasteiger partial charge in [0.05, 0.1) is 6.10 Å². The molecule has 0 fully saturated rings. The molecule has 2 rings (SSSR count). The Bertz CT molecular complexity index is 661. The van der Waals surface area contributed by atoms with Crippen LogP contribution < -0.4 is 0 Å². The van der Waals surface area contributed by atoms with Gasteiger partial charge in [-0.3, -0.25) is 0 Å². The van der Waals surface area contributed by atoms with Crippen molar-refractivity contribution in [1.82, 2.24) is 0 Å². The molecule has 1 aliphatic rings. The average Bonchev–Trinajstić information content (AvgIpc) is 2.58. The van der Waals surface area contributed by atoms with Crippen LogP contribution in [0.5, 0.6) is 5.75 Å². The van der Waals surface area contributed by atoms with Gasteiger partial charge in [0.2, 0.25) is 0 Å². The molecule has 0 saturated carbocycles. The summed E-state index contributed by atoms with van der Waals surface area (Å²) in [6, 6.07) is 7.28. The Morgan fingerprint density at radius 2 is 2.20 bits per heavy atom. The van der Waals surface area contributed by atoms with Gasteiger partial charge in [0.25, 0.3) is 0 Å². The second-order valence-electron chi connectivity index (χ2n) is 6.94. The van der Waals surface area contributed by atoms with Crippen LogP contribution in [0.3, 0.4) is 0 Å². The third-order valence-corrected chi connectivity index (χ3v) is 4.70. The summed E-state index contributed by atoms with van der Waals surface area (Å²) in [5, 5.41) is 19.5. The molecule has 1 aliphatic heterocycles. The van der Waals surface area contributed by atoms with E-state index in [1.807, 2.05) is 12.1 Å². The fourth-order valence-corrected chi connectivity index (χ4v) is 3.09. The zero-order valence-corrected chi connectivity index (χ0v) is 15.5. The van der Waals surface area contributed by atoms with Gasteiger partial charge < -0.3 is 14.8 Å². The van der Waals surface area contributed by atoms with Crippen molar-refractivity contribution in [2.24, 2.45) is 5.92 Å². The van der Waals surface area contributed by atoms with Crippen molar-refractivity contribution in [1.29, 1.82) is 0 Å². The molecule has 1 aromatic carbocycles. The van der Waals surface area contributed by atoms with Gasteiger partial charge in [0, 0.05) is 6.32 Å². The third kappa shape index (κ3) is 5.62. The Kier molecular flexibility index (Phi) is 7.09. The molecule has 0 radical (unpaired) electrons. The first kappa shape index (κ1) is 19.5. The van der Waals surface area contributed by atoms with E-state index in [2.05, 4.69) is 39.5 Å². The summed E-state index contributed by atoms with van der Waals surface area (Å²) < 4.78 is 5.79. The van der Waals surface area contributed by atoms with Crippen LogP contribution in [0.25, 0.3) is 6.08 Å². The second-order valence-corrected chi connectivity index (χ2v) is 6.94. The highest BCUT2D eigenvalue weighted by Gasteiger charge is 2.28. The molecule has 0 bridgehead atoms. The first-order valence-electron chi connectivity index (χ1n) is 9.12. The first-order chi connectivity index (χ1) is 11.9. The summed E-state index contributed by atoms with van der Waals surface area (Å²) in [6.07, 6.45) is 7.25. The quantitative estimate of drug-likeness (QED) is 0.688. The predicted molar refractivity (Wildman–Crippen MR) is 105 cm³/mol. The van der Waals surface area contributed by atoms with Crippen LogP contribution in [0.1, 0.15) is 45.6 Å². The van der Waals surface area contributed by atoms with Gasteiger partial charge >= 0.3 is 7.12 Å². The minimum absolute atomic E-state index is 0.113. The SMILES string of the molecule is C=C(C1=CCB(O)OC1CC/C(=C/c1cccc(O)c1)CC)C(C)C. The standard InChI is InChI=1S/C21H29BO3/c1-5-17(13-18-7-6-8-19(23)14-18)9-10-21-20(16(4)15(2)3)11-12-22(24)25-21/h6-8,11,13-15,21,23-24H,4-5,9-10,12H2,1-3H3/b17-13+. The van der Waals surface area contributed by atoms with E-state index in [4.69, 9.17) is 4.65 Å². The number of phenols is 1. The maximum Gasteiger partial charge on any atom is 0.458 e. The van der Waals surface area contributed by atoms with Gasteiger partial charge in [-0.25, -0.2) is 0 Å². The topological polar surface area (TPSA) is 49.7 Å². The number of hydrogen-bond donors (Lipinski definition) is 2. The Hall–Kier alpha value is -1.78. The lowest BCUT2D eigenvalue weighted by Gasteiger charge is -2.29. The molecule has 1 heterocycles. The van der Waals surface area contributed by atoms with Gasteiger partial charge in [0.15, 0.2) is 0 Å². The van der Waals surface area contributed by atoms with Crippen LogP contribution >= 0.6 is 0 Å². The summed E-state index contributed by atoms with van der Waals surface area (Å²) in [4.78, 5) is 0. The summed E-state index contributed by atoms with van der Waals surface area (Å²) in [7, 11) is -0.728. The molecule has 0 spiro atoms. The van der Waals surface area contributed by atoms with E-state index in [1.165, 1.54) is 5.57 Å². The van der Waals surface area contributed by atoms with E-state index >= 15 is 0 Å². The van der Waals surface area contributed by atoms with Crippen molar-refractivity contribution in [3.8, 4) is 5.75 Å². The van der Waals surface area contributed by atoms with Gasteiger partial charge in [-0.05, 0) is 54.0 Å². The second kappa shape index (κ2) is 9.07. The molecule has 2 N–H and O–H groups in total. The van der Waals surface area contributed by atoms with E-state index < -0.39 is 7.12 Å². The highest BCUT2D eigenvalue weighted by atomic mass is 16.5. The van der Waals surface area contributed by atoms with Gasteiger partial charge in [-0.2, -0.15) is 0 Å². The molecule has 25 heavy (non-hydrogen) atoms. The molecule has 0 aliphatic carbocycles. The molecule has 0 aromatic heterocycles. The number of hydrogen-bond acceptors (Lipinski definition) is 3. The first-order valence-corrected chi connectivity index (χ1v) is 9.12. The van der Waals surface area contributed by atoms with E-state index in [0.717, 1.165) is 36.0 Å². The zero-order chi connectivity index (χ0) is 18.4. The predicted octanol–water partition coefficient (Wildman–Crippen LogP) is 4.98. The van der Waals surface area contributed by atoms with Crippen molar-refractivity contribution < 1.29 is 14.8 Å². The zero-order valence-electron chi connectivity index (χ0n) is 15.5. The molecule has 0 amide bonds. The smallest absolute Gasteiger partial charge is 0.458 e. The Morgan fingerprint density at radius 3 is 2.84 bits per heavy atom. The maximum absolute atomic E-state index is 9.87. The normalized spacial score (nSPS) is 18.4. The summed E-state index contributed by atoms with van der Waals surface area (Å²) >= 11 is 0. The van der Waals surface area contributed by atoms with E-state index in [9.17, 15) is 10.1 Å². The summed E-state index contributed by atoms with van der Waals surface area (Å²) in [6.45, 7) is 10.6. The minimum Gasteiger partial charge on any atom is -0.508 e. The molecular formula is C21H29BO3. The third-order valence-electron chi connectivity index (χ3n) is 4.70. The van der Waals surface area contributed by atoms with Crippen LogP contribution in [0.15, 0.2) is 53.6 Å². The number of phenolic OH excluding ortho intramolecular Hbond substituents is 1. The monoisotopic (exact) mass is 340 g/mol. The van der Waals surface area contributed by atoms with Crippen molar-refractivity contribution >= 4 is 13.2 Å². The molecule has 3 nitrogen and oxygen atoms in total. The van der Waals surface area contributed by atoms with Crippen LogP contribution in [0, 0.1) is 5.92 Å². The van der Waals surface area contributed by atoms with E-state index in [-0.39, 0.29) is 11.9 Å². The fourth-order valence-electron chi connectivity index (χ4n) is 3.09. The van der Waals surface area contributed by atoms with E-state index in [1.54, 1.807) is 12.1 Å². The highest BCUT2D eigenvalue weighted by Crippen LogP contribution is 2.31. The van der Waals surface area contributed by atoms with Gasteiger partial charge in [-0.1, -0.05) is 57.2 Å². The molecule has 134 valence electrons. The molecule has 1 aromatic rings. The lowest BCUT2D eigenvalue weighted by atomic mass is 9.76. The Balaban J connectivity index is 2.09. The highest BCUT2D eigenvalue weighted by molar-refractivity contribution is 6.43. The molecule has 1 atom stereocenters. The lowest BCUT2D eigenvalue weighted by molar-refractivity contribution is 0.182. The van der Waals surface area contributed by atoms with Crippen LogP contribution in [0.2, 0.25) is 6.32 Å². The summed E-state index contributed by atoms with van der Waals surface area (Å²) in [5.74, 6) is 0.641. The number of aromatic hydroxyl groups is 1. The lowest BCUT2D eigenvalue weighted by Crippen LogP contribution is -2.32. The van der Waals surface area contributed by atoms with Gasteiger partial charge in [-0.15, -0.1) is 0 Å². The molecule has 1 unspecified atom stereocenters. The molecular weight excluding hydrogens is 311 g/mol. The Morgan fingerprint density at radius 1 is 1.44 bits per heavy atom. The number of benzene rings is 1. The molecule has 0 saturated heterocycles. The largest absolute Gasteiger partial charge is 0.508 e. The molecule has 4 heteroatoms. The number of allylic oxidation sites excluding steroid dienone is 2. The van der Waals surface area contributed by atoms with E-state index in [0.29, 0.717) is 12.2 Å². The van der Waals surface area contributed by atoms with Crippen molar-refractivity contribution in [2.75, 3.05) is 0 Å².